The first-order chi connectivity index (χ1) is 13.0. The molecule has 1 N–H and O–H groups in total. The van der Waals surface area contributed by atoms with Crippen molar-refractivity contribution in [1.29, 1.82) is 0 Å². The van der Waals surface area contributed by atoms with Crippen LogP contribution in [-0.2, 0) is 21.2 Å². The van der Waals surface area contributed by atoms with Gasteiger partial charge < -0.3 is 14.2 Å². The van der Waals surface area contributed by atoms with Gasteiger partial charge in [-0.05, 0) is 55.2 Å². The Kier molecular flexibility index (Phi) is 3.93. The molecule has 3 heterocycles. The van der Waals surface area contributed by atoms with Gasteiger partial charge in [-0.25, -0.2) is 13.1 Å². The molecule has 3 aliphatic rings. The molecule has 0 spiro atoms. The van der Waals surface area contributed by atoms with E-state index in [1.165, 1.54) is 5.56 Å². The van der Waals surface area contributed by atoms with Crippen LogP contribution in [0.3, 0.4) is 0 Å². The Hall–Kier alpha value is -2.09. The summed E-state index contributed by atoms with van der Waals surface area (Å²) in [5, 5.41) is 0. The van der Waals surface area contributed by atoms with E-state index in [4.69, 9.17) is 14.2 Å². The lowest BCUT2D eigenvalue weighted by Crippen LogP contribution is -2.30. The molecule has 2 aromatic rings. The van der Waals surface area contributed by atoms with Crippen molar-refractivity contribution in [1.82, 2.24) is 4.72 Å². The van der Waals surface area contributed by atoms with Gasteiger partial charge in [0.25, 0.3) is 0 Å². The molecule has 3 unspecified atom stereocenters. The van der Waals surface area contributed by atoms with Gasteiger partial charge in [0, 0.05) is 12.5 Å². The summed E-state index contributed by atoms with van der Waals surface area (Å²) in [7, 11) is -3.53. The summed E-state index contributed by atoms with van der Waals surface area (Å²) in [6.45, 7) is 2.53. The number of rotatable bonds is 4. The van der Waals surface area contributed by atoms with Crippen molar-refractivity contribution in [2.45, 2.75) is 36.9 Å². The molecule has 1 saturated heterocycles. The van der Waals surface area contributed by atoms with Crippen LogP contribution >= 0.6 is 0 Å². The molecule has 0 aromatic heterocycles. The van der Waals surface area contributed by atoms with Gasteiger partial charge >= 0.3 is 0 Å². The molecule has 0 amide bonds. The van der Waals surface area contributed by atoms with Crippen LogP contribution in [0.4, 0.5) is 0 Å². The van der Waals surface area contributed by atoms with Crippen molar-refractivity contribution < 1.29 is 22.6 Å². The summed E-state index contributed by atoms with van der Waals surface area (Å²) >= 11 is 0. The lowest BCUT2D eigenvalue weighted by molar-refractivity contribution is 0.0219. The number of aryl methyl sites for hydroxylation is 1. The number of benzene rings is 2. The first kappa shape index (κ1) is 17.0. The summed E-state index contributed by atoms with van der Waals surface area (Å²) in [5.41, 5.74) is 3.33. The Labute approximate surface area is 158 Å². The van der Waals surface area contributed by atoms with Gasteiger partial charge in [0.05, 0.1) is 17.1 Å². The molecule has 3 atom stereocenters. The van der Waals surface area contributed by atoms with Crippen LogP contribution in [0.1, 0.15) is 29.2 Å². The normalized spacial score (nSPS) is 25.4. The minimum Gasteiger partial charge on any atom is -0.454 e. The standard InChI is InChI=1S/C20H21NO5S/c1-12-2-4-16(5-3-12)27(22,23)21-10-14-7-15-6-13-8-18-19(25-11-24-18)9-17(13)20(14)26-15/h2-5,8-9,14-15,20-21H,6-7,10-11H2,1H3. The zero-order valence-corrected chi connectivity index (χ0v) is 15.8. The van der Waals surface area contributed by atoms with Gasteiger partial charge in [-0.15, -0.1) is 0 Å². The molecular formula is C20H21NO5S. The number of hydrogen-bond acceptors (Lipinski definition) is 5. The summed E-state index contributed by atoms with van der Waals surface area (Å²) in [6.07, 6.45) is 1.66. The van der Waals surface area contributed by atoms with Gasteiger partial charge in [0.1, 0.15) is 0 Å². The highest BCUT2D eigenvalue weighted by molar-refractivity contribution is 7.89. The molecule has 0 radical (unpaired) electrons. The summed E-state index contributed by atoms with van der Waals surface area (Å²) in [4.78, 5) is 0.291. The molecular weight excluding hydrogens is 366 g/mol. The second kappa shape index (κ2) is 6.22. The van der Waals surface area contributed by atoms with Crippen molar-refractivity contribution in [2.24, 2.45) is 5.92 Å². The molecule has 0 aliphatic carbocycles. The number of fused-ring (bicyclic) bond motifs is 5. The predicted molar refractivity (Wildman–Crippen MR) is 98.4 cm³/mol. The minimum atomic E-state index is -3.53. The fraction of sp³-hybridized carbons (Fsp3) is 0.400. The average Bonchev–Trinajstić information content (AvgIpc) is 3.23. The van der Waals surface area contributed by atoms with Crippen molar-refractivity contribution >= 4 is 10.0 Å². The van der Waals surface area contributed by atoms with E-state index in [0.717, 1.165) is 35.5 Å². The van der Waals surface area contributed by atoms with Crippen LogP contribution in [0.5, 0.6) is 11.5 Å². The number of sulfonamides is 1. The van der Waals surface area contributed by atoms with E-state index in [2.05, 4.69) is 4.72 Å². The lowest BCUT2D eigenvalue weighted by Gasteiger charge is -2.26. The molecule has 27 heavy (non-hydrogen) atoms. The van der Waals surface area contributed by atoms with E-state index in [-0.39, 0.29) is 24.9 Å². The highest BCUT2D eigenvalue weighted by Crippen LogP contribution is 2.48. The Bertz CT molecular complexity index is 986. The molecule has 6 nitrogen and oxygen atoms in total. The Morgan fingerprint density at radius 1 is 1.11 bits per heavy atom. The van der Waals surface area contributed by atoms with E-state index >= 15 is 0 Å². The molecule has 0 saturated carbocycles. The molecule has 3 aliphatic heterocycles. The maximum absolute atomic E-state index is 12.6. The number of hydrogen-bond donors (Lipinski definition) is 1. The summed E-state index contributed by atoms with van der Waals surface area (Å²) in [6, 6.07) is 10.9. The van der Waals surface area contributed by atoms with Crippen LogP contribution in [0.15, 0.2) is 41.3 Å². The molecule has 7 heteroatoms. The zero-order chi connectivity index (χ0) is 18.6. The third-order valence-electron chi connectivity index (χ3n) is 5.59. The SMILES string of the molecule is Cc1ccc(S(=O)(=O)NCC2CC3Cc4cc5c(cc4C2O3)OCO5)cc1. The Balaban J connectivity index is 1.36. The monoisotopic (exact) mass is 387 g/mol. The van der Waals surface area contributed by atoms with E-state index < -0.39 is 10.0 Å². The third-order valence-corrected chi connectivity index (χ3v) is 7.03. The van der Waals surface area contributed by atoms with Crippen LogP contribution < -0.4 is 14.2 Å². The molecule has 2 aromatic carbocycles. The first-order valence-electron chi connectivity index (χ1n) is 9.14. The molecule has 2 bridgehead atoms. The molecule has 5 rings (SSSR count). The Morgan fingerprint density at radius 3 is 2.63 bits per heavy atom. The van der Waals surface area contributed by atoms with Gasteiger partial charge in [-0.2, -0.15) is 0 Å². The summed E-state index contributed by atoms with van der Waals surface area (Å²) < 4.78 is 45.1. The summed E-state index contributed by atoms with van der Waals surface area (Å²) in [5.74, 6) is 1.62. The number of nitrogens with one attached hydrogen (secondary N) is 1. The quantitative estimate of drug-likeness (QED) is 0.873. The lowest BCUT2D eigenvalue weighted by atomic mass is 9.93. The van der Waals surface area contributed by atoms with Crippen molar-refractivity contribution in [3.05, 3.63) is 53.1 Å². The number of ether oxygens (including phenoxy) is 3. The zero-order valence-electron chi connectivity index (χ0n) is 15.0. The maximum Gasteiger partial charge on any atom is 0.240 e. The van der Waals surface area contributed by atoms with Crippen LogP contribution in [-0.4, -0.2) is 27.9 Å². The fourth-order valence-corrected chi connectivity index (χ4v) is 5.28. The van der Waals surface area contributed by atoms with Gasteiger partial charge in [-0.3, -0.25) is 0 Å². The van der Waals surface area contributed by atoms with Gasteiger partial charge in [0.2, 0.25) is 16.8 Å². The topological polar surface area (TPSA) is 73.9 Å². The van der Waals surface area contributed by atoms with Gasteiger partial charge in [-0.1, -0.05) is 17.7 Å². The van der Waals surface area contributed by atoms with Crippen LogP contribution in [0.2, 0.25) is 0 Å². The van der Waals surface area contributed by atoms with Crippen molar-refractivity contribution in [3.8, 4) is 11.5 Å². The third kappa shape index (κ3) is 2.99. The van der Waals surface area contributed by atoms with E-state index in [9.17, 15) is 8.42 Å². The van der Waals surface area contributed by atoms with Crippen LogP contribution in [0, 0.1) is 12.8 Å². The molecule has 142 valence electrons. The van der Waals surface area contributed by atoms with E-state index in [1.807, 2.05) is 19.1 Å². The minimum absolute atomic E-state index is 0.0943. The first-order valence-corrected chi connectivity index (χ1v) is 10.6. The van der Waals surface area contributed by atoms with E-state index in [1.54, 1.807) is 24.3 Å². The predicted octanol–water partition coefficient (Wildman–Crippen LogP) is 2.70. The second-order valence-corrected chi connectivity index (χ2v) is 9.21. The van der Waals surface area contributed by atoms with Crippen molar-refractivity contribution in [3.63, 3.8) is 0 Å². The van der Waals surface area contributed by atoms with Crippen molar-refractivity contribution in [2.75, 3.05) is 13.3 Å². The molecule has 1 fully saturated rings. The Morgan fingerprint density at radius 2 is 1.85 bits per heavy atom. The highest BCUT2D eigenvalue weighted by atomic mass is 32.2. The maximum atomic E-state index is 12.6. The fourth-order valence-electron chi connectivity index (χ4n) is 4.19. The van der Waals surface area contributed by atoms with Gasteiger partial charge in [0.15, 0.2) is 11.5 Å². The highest BCUT2D eigenvalue weighted by Gasteiger charge is 2.42. The largest absolute Gasteiger partial charge is 0.454 e. The van der Waals surface area contributed by atoms with E-state index in [0.29, 0.717) is 11.4 Å². The van der Waals surface area contributed by atoms with Crippen LogP contribution in [0.25, 0.3) is 0 Å². The smallest absolute Gasteiger partial charge is 0.240 e. The average molecular weight is 387 g/mol. The second-order valence-electron chi connectivity index (χ2n) is 7.45.